The Bertz CT molecular complexity index is 5290. The first kappa shape index (κ1) is 54.1. The Labute approximate surface area is 509 Å². The molecule has 12 heteroatoms. The Kier molecular flexibility index (Phi) is 13.8. The number of pyridine rings is 6. The summed E-state index contributed by atoms with van der Waals surface area (Å²) in [6, 6.07) is 72.1. The smallest absolute Gasteiger partial charge is 0.399 e. The lowest BCUT2D eigenvalue weighted by Crippen LogP contribution is -2.41. The van der Waals surface area contributed by atoms with E-state index in [9.17, 15) is 0 Å². The van der Waals surface area contributed by atoms with Crippen molar-refractivity contribution in [3.63, 3.8) is 0 Å². The molecule has 1 aliphatic heterocycles. The molecule has 85 heavy (non-hydrogen) atoms. The van der Waals surface area contributed by atoms with Crippen molar-refractivity contribution in [1.29, 1.82) is 0 Å². The van der Waals surface area contributed by atoms with Gasteiger partial charge in [-0.05, 0) is 135 Å². The third-order valence-electron chi connectivity index (χ3n) is 16.5. The third-order valence-corrected chi connectivity index (χ3v) is 19.2. The molecule has 16 aromatic rings. The summed E-state index contributed by atoms with van der Waals surface area (Å²) < 4.78 is 19.0. The fourth-order valence-electron chi connectivity index (χ4n) is 11.4. The molecule has 0 atom stereocenters. The van der Waals surface area contributed by atoms with Crippen LogP contribution in [0.4, 0.5) is 0 Å². The Balaban J connectivity index is 0.000000133. The molecule has 0 spiro atoms. The van der Waals surface area contributed by atoms with E-state index in [0.29, 0.717) is 0 Å². The van der Waals surface area contributed by atoms with Gasteiger partial charge in [-0.15, -0.1) is 22.7 Å². The first-order valence-electron chi connectivity index (χ1n) is 27.9. The second-order valence-electron chi connectivity index (χ2n) is 22.2. The molecule has 1 saturated heterocycles. The minimum atomic E-state index is -0.406. The van der Waals surface area contributed by atoms with Crippen molar-refractivity contribution in [2.75, 3.05) is 0 Å². The van der Waals surface area contributed by atoms with Crippen LogP contribution in [-0.4, -0.2) is 48.2 Å². The van der Waals surface area contributed by atoms with Gasteiger partial charge in [-0.2, -0.15) is 0 Å². The molecule has 17 rings (SSSR count). The SMILES string of the molecule is Brc1ccc2cccnc2c1.C.CC1(C)OB(c2cccc3sc4ccc(-c5ccc6ccc7cccnc7c6n5)cc4c23)OC1(C)C.[2HH].c1cnc2cc(-c3cccc4sc5ccc(-c6ccc7ccc8cccnc8c7n6)cc5c34)ccc2c1. The van der Waals surface area contributed by atoms with Crippen molar-refractivity contribution in [3.05, 3.63) is 236 Å². The number of rotatable bonds is 4. The normalized spacial score (nSPS) is 13.7. The van der Waals surface area contributed by atoms with Crippen LogP contribution in [0.2, 0.25) is 0 Å². The van der Waals surface area contributed by atoms with Crippen LogP contribution in [0, 0.1) is 0 Å². The van der Waals surface area contributed by atoms with E-state index >= 15 is 0 Å². The van der Waals surface area contributed by atoms with Crippen LogP contribution in [0.5, 0.6) is 0 Å². The highest BCUT2D eigenvalue weighted by atomic mass is 79.9. The molecule has 0 saturated carbocycles. The molecule has 8 aromatic carbocycles. The number of aromatic nitrogens is 6. The second-order valence-corrected chi connectivity index (χ2v) is 25.3. The van der Waals surface area contributed by atoms with Crippen molar-refractivity contribution < 1.29 is 10.7 Å². The van der Waals surface area contributed by atoms with Gasteiger partial charge in [0.25, 0.3) is 0 Å². The fraction of sp³-hybridized carbons (Fsp3) is 0.0959. The van der Waals surface area contributed by atoms with E-state index in [-0.39, 0.29) is 20.1 Å². The third kappa shape index (κ3) is 9.83. The Morgan fingerprint density at radius 3 is 1.42 bits per heavy atom. The van der Waals surface area contributed by atoms with Crippen LogP contribution in [0.25, 0.3) is 139 Å². The van der Waals surface area contributed by atoms with Gasteiger partial charge in [0.1, 0.15) is 0 Å². The average Bonchev–Trinajstić information content (AvgIpc) is 2.37. The molecule has 412 valence electrons. The predicted octanol–water partition coefficient (Wildman–Crippen LogP) is 20.0. The standard InChI is InChI=1S/C33H19N3S.C30H25BN2O2S.C9H6BrN.CH4.H2/c1-6-25(23-11-8-20-4-2-16-34-28(20)19-23)31-26-18-24(13-15-29(26)37-30(31)7-1)27-14-12-22-10-9-21-5-3-17-35-32(21)33(22)36-27;1-29(2)30(3,4)35-31(34-29)22-8-5-9-25-26(22)21-17-20(13-15-24(21)36-25)23-14-12-19-11-10-18-7-6-16-32-27(18)28(19)33-23;10-8-4-3-7-2-1-5-11-9(7)6-8;;/h1-19H;5-17H,1-4H3;1-6H;1H4;1H/i;;;;1+1. The van der Waals surface area contributed by atoms with Crippen molar-refractivity contribution in [1.82, 2.24) is 29.9 Å². The van der Waals surface area contributed by atoms with E-state index in [1.54, 1.807) is 17.5 Å². The fourth-order valence-corrected chi connectivity index (χ4v) is 14.0. The van der Waals surface area contributed by atoms with Crippen LogP contribution in [0.3, 0.4) is 0 Å². The quantitative estimate of drug-likeness (QED) is 0.127. The molecule has 0 unspecified atom stereocenters. The second kappa shape index (κ2) is 21.6. The summed E-state index contributed by atoms with van der Waals surface area (Å²) in [7, 11) is -0.406. The maximum atomic E-state index is 6.44. The summed E-state index contributed by atoms with van der Waals surface area (Å²) in [6.07, 6.45) is 7.32. The monoisotopic (exact) mass is 1200 g/mol. The van der Waals surface area contributed by atoms with Crippen LogP contribution in [0.1, 0.15) is 36.5 Å². The summed E-state index contributed by atoms with van der Waals surface area (Å²) in [4.78, 5) is 28.2. The van der Waals surface area contributed by atoms with Crippen LogP contribution >= 0.6 is 38.6 Å². The lowest BCUT2D eigenvalue weighted by atomic mass is 9.76. The van der Waals surface area contributed by atoms with Crippen molar-refractivity contribution in [3.8, 4) is 33.6 Å². The van der Waals surface area contributed by atoms with E-state index in [1.807, 2.05) is 72.4 Å². The van der Waals surface area contributed by atoms with Gasteiger partial charge in [0, 0.05) is 114 Å². The zero-order valence-electron chi connectivity index (χ0n) is 46.2. The average molecular weight is 1210 g/mol. The van der Waals surface area contributed by atoms with E-state index in [0.717, 1.165) is 92.5 Å². The largest absolute Gasteiger partial charge is 0.495 e. The number of nitrogens with zero attached hydrogens (tertiary/aromatic N) is 6. The highest BCUT2D eigenvalue weighted by Crippen LogP contribution is 2.43. The van der Waals surface area contributed by atoms with Gasteiger partial charge in [-0.1, -0.05) is 139 Å². The summed E-state index contributed by atoms with van der Waals surface area (Å²) in [6.45, 7) is 8.39. The molecule has 0 N–H and O–H groups in total. The van der Waals surface area contributed by atoms with Gasteiger partial charge in [0.05, 0.1) is 55.7 Å². The molecule has 8 nitrogen and oxygen atoms in total. The number of hydrogen-bond donors (Lipinski definition) is 0. The van der Waals surface area contributed by atoms with Crippen LogP contribution in [0.15, 0.2) is 236 Å². The number of fused-ring (bicyclic) bond motifs is 14. The van der Waals surface area contributed by atoms with Gasteiger partial charge in [-0.25, -0.2) is 9.97 Å². The minimum Gasteiger partial charge on any atom is -0.399 e. The van der Waals surface area contributed by atoms with Crippen LogP contribution < -0.4 is 5.46 Å². The Morgan fingerprint density at radius 1 is 0.400 bits per heavy atom. The Morgan fingerprint density at radius 2 is 0.847 bits per heavy atom. The molecule has 0 amide bonds. The number of thiophene rings is 2. The van der Waals surface area contributed by atoms with Crippen molar-refractivity contribution >= 4 is 157 Å². The van der Waals surface area contributed by atoms with Gasteiger partial charge >= 0.3 is 7.12 Å². The summed E-state index contributed by atoms with van der Waals surface area (Å²) in [5.41, 5.74) is 12.6. The van der Waals surface area contributed by atoms with E-state index < -0.39 is 7.12 Å². The Hall–Kier alpha value is -8.88. The van der Waals surface area contributed by atoms with Crippen LogP contribution in [-0.2, 0) is 9.31 Å². The molecule has 9 heterocycles. The number of benzene rings is 8. The lowest BCUT2D eigenvalue weighted by Gasteiger charge is -2.32. The maximum absolute atomic E-state index is 6.44. The minimum absolute atomic E-state index is 0. The highest BCUT2D eigenvalue weighted by molar-refractivity contribution is 9.10. The van der Waals surface area contributed by atoms with E-state index in [2.05, 4.69) is 227 Å². The first-order chi connectivity index (χ1) is 41.0. The molecular weight excluding hydrogens is 1150 g/mol. The van der Waals surface area contributed by atoms with Crippen molar-refractivity contribution in [2.24, 2.45) is 0 Å². The molecule has 0 bridgehead atoms. The molecule has 8 aromatic heterocycles. The van der Waals surface area contributed by atoms with Gasteiger partial charge in [-0.3, -0.25) is 19.9 Å². The van der Waals surface area contributed by atoms with Gasteiger partial charge < -0.3 is 9.31 Å². The van der Waals surface area contributed by atoms with E-state index in [4.69, 9.17) is 19.3 Å². The topological polar surface area (TPSA) is 95.8 Å². The van der Waals surface area contributed by atoms with Gasteiger partial charge in [0.2, 0.25) is 0 Å². The molecule has 0 radical (unpaired) electrons. The number of hydrogen-bond acceptors (Lipinski definition) is 10. The highest BCUT2D eigenvalue weighted by Gasteiger charge is 2.52. The summed E-state index contributed by atoms with van der Waals surface area (Å²) in [5, 5.41) is 11.7. The molecular formula is C73H56BBrN6O2S2. The molecule has 1 aliphatic rings. The van der Waals surface area contributed by atoms with Crippen molar-refractivity contribution in [2.45, 2.75) is 46.3 Å². The molecule has 1 fully saturated rings. The lowest BCUT2D eigenvalue weighted by molar-refractivity contribution is 0.00578. The summed E-state index contributed by atoms with van der Waals surface area (Å²) >= 11 is 7.03. The first-order valence-corrected chi connectivity index (χ1v) is 30.3. The number of halogens is 1. The van der Waals surface area contributed by atoms with E-state index in [1.165, 1.54) is 56.9 Å². The summed E-state index contributed by atoms with van der Waals surface area (Å²) in [5.74, 6) is 0. The predicted molar refractivity (Wildman–Crippen MR) is 365 cm³/mol. The zero-order chi connectivity index (χ0) is 56.7. The maximum Gasteiger partial charge on any atom is 0.495 e. The molecule has 0 aliphatic carbocycles. The van der Waals surface area contributed by atoms with Gasteiger partial charge in [0.15, 0.2) is 0 Å². The zero-order valence-corrected chi connectivity index (χ0v) is 49.4.